The number of carboxylic acids is 1. The van der Waals surface area contributed by atoms with E-state index in [-0.39, 0.29) is 0 Å². The van der Waals surface area contributed by atoms with Gasteiger partial charge in [-0.25, -0.2) is 0 Å². The molecule has 0 aromatic carbocycles. The maximum absolute atomic E-state index is 12.1. The van der Waals surface area contributed by atoms with Crippen LogP contribution in [0, 0.1) is 0 Å². The molecule has 0 saturated heterocycles. The van der Waals surface area contributed by atoms with Crippen molar-refractivity contribution in [2.75, 3.05) is 40.4 Å². The number of aliphatic hydroxyl groups is 1. The number of unbranched alkanes of at least 4 members (excludes halogenated alkanes) is 9. The number of Topliss-reactive ketones (excluding diaryl/α,β-unsaturated/α-hetero) is 1. The second kappa shape index (κ2) is 23.2. The highest BCUT2D eigenvalue weighted by atomic mass is 16.5. The van der Waals surface area contributed by atoms with E-state index in [0.717, 1.165) is 56.7 Å². The van der Waals surface area contributed by atoms with Crippen LogP contribution in [0.25, 0.3) is 0 Å². The van der Waals surface area contributed by atoms with Crippen molar-refractivity contribution in [3.8, 4) is 0 Å². The lowest BCUT2D eigenvalue weighted by Gasteiger charge is -2.31. The number of quaternary nitrogens is 1. The van der Waals surface area contributed by atoms with Crippen molar-refractivity contribution < 1.29 is 29.0 Å². The van der Waals surface area contributed by atoms with Crippen molar-refractivity contribution in [3.05, 3.63) is 0 Å². The number of likely N-dealkylation sites (N-methyl/N-ethyl adjacent to an activating group) is 1. The molecular weight excluding hydrogens is 406 g/mol. The van der Waals surface area contributed by atoms with E-state index in [1.165, 1.54) is 51.4 Å². The fourth-order valence-corrected chi connectivity index (χ4v) is 3.64. The normalized spacial score (nSPS) is 12.2. The summed E-state index contributed by atoms with van der Waals surface area (Å²) in [5.74, 6) is -0.675. The van der Waals surface area contributed by atoms with Gasteiger partial charge in [0.15, 0.2) is 0 Å². The van der Waals surface area contributed by atoms with Crippen LogP contribution in [0.5, 0.6) is 0 Å². The fourth-order valence-electron chi connectivity index (χ4n) is 3.64. The van der Waals surface area contributed by atoms with Gasteiger partial charge in [-0.15, -0.1) is 0 Å². The predicted molar refractivity (Wildman–Crippen MR) is 130 cm³/mol. The van der Waals surface area contributed by atoms with Crippen LogP contribution >= 0.6 is 0 Å². The monoisotopic (exact) mass is 459 g/mol. The third-order valence-electron chi connectivity index (χ3n) is 5.44. The molecule has 0 aliphatic heterocycles. The van der Waals surface area contributed by atoms with E-state index >= 15 is 0 Å². The zero-order valence-electron chi connectivity index (χ0n) is 21.8. The summed E-state index contributed by atoms with van der Waals surface area (Å²) < 4.78 is 6.25. The van der Waals surface area contributed by atoms with E-state index in [2.05, 4.69) is 27.9 Å². The van der Waals surface area contributed by atoms with Gasteiger partial charge >= 0.3 is 0 Å². The molecule has 0 amide bonds. The Morgan fingerprint density at radius 2 is 1.31 bits per heavy atom. The van der Waals surface area contributed by atoms with Gasteiger partial charge in [-0.2, -0.15) is 0 Å². The molecule has 0 aromatic rings. The molecule has 0 radical (unpaired) electrons. The van der Waals surface area contributed by atoms with Gasteiger partial charge in [-0.3, -0.25) is 4.79 Å². The number of carbonyl (C=O) groups excluding carboxylic acids is 2. The van der Waals surface area contributed by atoms with Gasteiger partial charge in [0, 0.05) is 31.8 Å². The molecule has 6 nitrogen and oxygen atoms in total. The van der Waals surface area contributed by atoms with Gasteiger partial charge in [-0.1, -0.05) is 71.6 Å². The maximum atomic E-state index is 12.1. The average molecular weight is 460 g/mol. The molecule has 6 heteroatoms. The van der Waals surface area contributed by atoms with Gasteiger partial charge in [0.25, 0.3) is 0 Å². The molecule has 0 fully saturated rings. The SMILES string of the molecule is CC(=O)[O-].CCCCCCCCCCCC(=O)CCC[N+](C)(C)CC(O)COCCCC. The number of aliphatic hydroxyl groups excluding tert-OH is 1. The summed E-state index contributed by atoms with van der Waals surface area (Å²) in [6.07, 6.45) is 15.7. The van der Waals surface area contributed by atoms with Crippen molar-refractivity contribution in [2.24, 2.45) is 0 Å². The highest BCUT2D eigenvalue weighted by Crippen LogP contribution is 2.12. The first-order valence-corrected chi connectivity index (χ1v) is 12.9. The van der Waals surface area contributed by atoms with Crippen LogP contribution in [0.3, 0.4) is 0 Å². The predicted octanol–water partition coefficient (Wildman–Crippen LogP) is 4.27. The van der Waals surface area contributed by atoms with E-state index in [4.69, 9.17) is 14.6 Å². The maximum Gasteiger partial charge on any atom is 0.133 e. The molecule has 0 heterocycles. The van der Waals surface area contributed by atoms with E-state index < -0.39 is 12.1 Å². The number of hydrogen-bond donors (Lipinski definition) is 1. The fraction of sp³-hybridized carbons (Fsp3) is 0.923. The minimum atomic E-state index is -1.08. The third kappa shape index (κ3) is 29.0. The van der Waals surface area contributed by atoms with Crippen LogP contribution in [-0.2, 0) is 14.3 Å². The van der Waals surface area contributed by atoms with Crippen molar-refractivity contribution in [3.63, 3.8) is 0 Å². The van der Waals surface area contributed by atoms with E-state index in [9.17, 15) is 9.90 Å². The summed E-state index contributed by atoms with van der Waals surface area (Å²) in [6.45, 7) is 8.11. The Morgan fingerprint density at radius 1 is 0.844 bits per heavy atom. The molecule has 0 rings (SSSR count). The number of ketones is 1. The standard InChI is InChI=1S/C24H50NO3.C2H4O2/c1-5-7-9-10-11-12-13-14-15-17-23(26)18-16-19-25(3,4)21-24(27)22-28-20-8-6-2;1-2(3)4/h24,27H,5-22H2,1-4H3;1H3,(H,3,4)/q+1;/p-1. The molecule has 1 atom stereocenters. The van der Waals surface area contributed by atoms with Crippen LogP contribution < -0.4 is 5.11 Å². The van der Waals surface area contributed by atoms with Crippen molar-refractivity contribution >= 4 is 11.8 Å². The zero-order valence-corrected chi connectivity index (χ0v) is 21.8. The highest BCUT2D eigenvalue weighted by Gasteiger charge is 2.20. The Bertz CT molecular complexity index is 436. The van der Waals surface area contributed by atoms with Gasteiger partial charge in [0.1, 0.15) is 18.4 Å². The number of aliphatic carboxylic acids is 1. The molecule has 0 spiro atoms. The molecule has 0 bridgehead atoms. The van der Waals surface area contributed by atoms with Crippen LogP contribution in [0.2, 0.25) is 0 Å². The first kappa shape index (κ1) is 33.2. The number of rotatable bonds is 21. The van der Waals surface area contributed by atoms with Crippen LogP contribution in [0.4, 0.5) is 0 Å². The van der Waals surface area contributed by atoms with Gasteiger partial charge < -0.3 is 24.2 Å². The summed E-state index contributed by atoms with van der Waals surface area (Å²) in [7, 11) is 4.25. The Kier molecular flexibility index (Phi) is 24.1. The summed E-state index contributed by atoms with van der Waals surface area (Å²) in [4.78, 5) is 21.0. The van der Waals surface area contributed by atoms with Gasteiger partial charge in [0.05, 0.1) is 27.2 Å². The minimum Gasteiger partial charge on any atom is -0.550 e. The van der Waals surface area contributed by atoms with Crippen molar-refractivity contribution in [1.29, 1.82) is 0 Å². The smallest absolute Gasteiger partial charge is 0.133 e. The zero-order chi connectivity index (χ0) is 24.7. The molecule has 192 valence electrons. The summed E-state index contributed by atoms with van der Waals surface area (Å²) in [5.41, 5.74) is 0. The lowest BCUT2D eigenvalue weighted by atomic mass is 10.0. The Hall–Kier alpha value is -0.980. The van der Waals surface area contributed by atoms with Gasteiger partial charge in [0.2, 0.25) is 0 Å². The Morgan fingerprint density at radius 3 is 1.84 bits per heavy atom. The lowest BCUT2D eigenvalue weighted by Crippen LogP contribution is -2.47. The highest BCUT2D eigenvalue weighted by molar-refractivity contribution is 5.78. The molecule has 1 unspecified atom stereocenters. The molecule has 1 N–H and O–H groups in total. The van der Waals surface area contributed by atoms with E-state index in [1.54, 1.807) is 0 Å². The number of carboxylic acid groups (broad SMARTS) is 1. The van der Waals surface area contributed by atoms with Crippen LogP contribution in [-0.4, -0.2) is 67.8 Å². The van der Waals surface area contributed by atoms with Crippen LogP contribution in [0.1, 0.15) is 111 Å². The molecule has 0 aromatic heterocycles. The largest absolute Gasteiger partial charge is 0.550 e. The Balaban J connectivity index is 0. The molecule has 32 heavy (non-hydrogen) atoms. The second-order valence-corrected chi connectivity index (χ2v) is 9.64. The quantitative estimate of drug-likeness (QED) is 0.205. The van der Waals surface area contributed by atoms with Crippen LogP contribution in [0.15, 0.2) is 0 Å². The molecule has 0 aliphatic carbocycles. The van der Waals surface area contributed by atoms with Crippen molar-refractivity contribution in [2.45, 2.75) is 117 Å². The number of ether oxygens (including phenoxy) is 1. The minimum absolute atomic E-state index is 0.409. The number of hydrogen-bond acceptors (Lipinski definition) is 5. The molecule has 0 aliphatic rings. The summed E-state index contributed by atoms with van der Waals surface area (Å²) >= 11 is 0. The Labute approximate surface area is 198 Å². The lowest BCUT2D eigenvalue weighted by molar-refractivity contribution is -0.893. The molecular formula is C26H53NO5. The van der Waals surface area contributed by atoms with E-state index in [1.807, 2.05) is 0 Å². The topological polar surface area (TPSA) is 86.7 Å². The molecule has 0 saturated carbocycles. The number of nitrogens with zero attached hydrogens (tertiary/aromatic N) is 1. The second-order valence-electron chi connectivity index (χ2n) is 9.64. The summed E-state index contributed by atoms with van der Waals surface area (Å²) in [5, 5.41) is 19.0. The third-order valence-corrected chi connectivity index (χ3v) is 5.44. The van der Waals surface area contributed by atoms with Crippen molar-refractivity contribution in [1.82, 2.24) is 0 Å². The van der Waals surface area contributed by atoms with E-state index in [0.29, 0.717) is 25.4 Å². The average Bonchev–Trinajstić information content (AvgIpc) is 2.69. The first-order chi connectivity index (χ1) is 15.1. The number of carbonyl (C=O) groups is 2. The first-order valence-electron chi connectivity index (χ1n) is 12.9. The van der Waals surface area contributed by atoms with Gasteiger partial charge in [-0.05, 0) is 19.8 Å². The summed E-state index contributed by atoms with van der Waals surface area (Å²) in [6, 6.07) is 0.